The second kappa shape index (κ2) is 91.6. The SMILES string of the molecule is CC(C)CC(=O)O.CC(C)O.CCC(C)C(=O)O.CCCCCC(=O)O.CCCCCCC(=O)O.CCCCCCCC(=O)O.CCCCCCCCC(=O)O.CCCCCCCCCC(=O)O.CCCCO.CCCO. The minimum atomic E-state index is -0.713. The van der Waals surface area contributed by atoms with Crippen LogP contribution in [0.5, 0.6) is 0 Å². The zero-order chi connectivity index (χ0) is 61.9. The fourth-order valence-corrected chi connectivity index (χ4v) is 5.08. The molecule has 0 aromatic carbocycles. The van der Waals surface area contributed by atoms with Crippen LogP contribution in [0.3, 0.4) is 0 Å². The Bertz CT molecular complexity index is 1160. The molecular weight excluding hydrogens is 993 g/mol. The molecule has 0 fully saturated rings. The second-order valence-corrected chi connectivity index (χ2v) is 19.3. The van der Waals surface area contributed by atoms with Crippen molar-refractivity contribution >= 4 is 41.8 Å². The van der Waals surface area contributed by atoms with Gasteiger partial charge in [-0.1, -0.05) is 211 Å². The van der Waals surface area contributed by atoms with Crippen molar-refractivity contribution in [2.24, 2.45) is 11.8 Å². The molecule has 0 heterocycles. The van der Waals surface area contributed by atoms with Crippen molar-refractivity contribution in [2.75, 3.05) is 13.2 Å². The molecule has 0 amide bonds. The molecule has 77 heavy (non-hydrogen) atoms. The number of aliphatic hydroxyl groups is 3. The lowest BCUT2D eigenvalue weighted by Crippen LogP contribution is -2.06. The van der Waals surface area contributed by atoms with Crippen LogP contribution in [0.2, 0.25) is 0 Å². The molecular formula is C60H126O17. The Morgan fingerprint density at radius 3 is 0.610 bits per heavy atom. The lowest BCUT2D eigenvalue weighted by Gasteiger charge is -1.98. The van der Waals surface area contributed by atoms with Gasteiger partial charge in [-0.25, -0.2) is 0 Å². The van der Waals surface area contributed by atoms with E-state index in [9.17, 15) is 33.6 Å². The van der Waals surface area contributed by atoms with Crippen LogP contribution in [0.15, 0.2) is 0 Å². The highest BCUT2D eigenvalue weighted by Gasteiger charge is 2.05. The minimum Gasteiger partial charge on any atom is -0.481 e. The maximum Gasteiger partial charge on any atom is 0.306 e. The highest BCUT2D eigenvalue weighted by molar-refractivity contribution is 5.69. The van der Waals surface area contributed by atoms with Gasteiger partial charge < -0.3 is 51.1 Å². The van der Waals surface area contributed by atoms with Crippen LogP contribution in [0.25, 0.3) is 0 Å². The van der Waals surface area contributed by atoms with Gasteiger partial charge in [-0.15, -0.1) is 0 Å². The third kappa shape index (κ3) is 182. The van der Waals surface area contributed by atoms with Gasteiger partial charge in [-0.3, -0.25) is 33.6 Å². The molecule has 0 bridgehead atoms. The summed E-state index contributed by atoms with van der Waals surface area (Å²) in [7, 11) is 0. The first-order chi connectivity index (χ1) is 36.2. The summed E-state index contributed by atoms with van der Waals surface area (Å²) in [6, 6.07) is 0. The van der Waals surface area contributed by atoms with E-state index in [0.29, 0.717) is 45.3 Å². The zero-order valence-corrected chi connectivity index (χ0v) is 51.7. The lowest BCUT2D eigenvalue weighted by molar-refractivity contribution is -0.141. The molecule has 0 saturated heterocycles. The van der Waals surface area contributed by atoms with E-state index in [0.717, 1.165) is 103 Å². The van der Waals surface area contributed by atoms with Gasteiger partial charge in [0, 0.05) is 57.8 Å². The molecule has 0 aliphatic rings. The van der Waals surface area contributed by atoms with E-state index < -0.39 is 41.8 Å². The Morgan fingerprint density at radius 2 is 0.494 bits per heavy atom. The van der Waals surface area contributed by atoms with Gasteiger partial charge in [0.25, 0.3) is 0 Å². The highest BCUT2D eigenvalue weighted by Crippen LogP contribution is 2.09. The summed E-state index contributed by atoms with van der Waals surface area (Å²) >= 11 is 0. The molecule has 0 aromatic rings. The van der Waals surface area contributed by atoms with Crippen LogP contribution in [-0.2, 0) is 33.6 Å². The van der Waals surface area contributed by atoms with E-state index in [4.69, 9.17) is 51.1 Å². The number of rotatable bonds is 37. The molecule has 0 saturated carbocycles. The third-order valence-electron chi connectivity index (χ3n) is 9.82. The fraction of sp³-hybridized carbons (Fsp3) is 0.883. The Kier molecular flexibility index (Phi) is 114. The standard InChI is InChI=1S/C10H20O2.C9H18O2.C8H16O2.C7H14O2.C6H12O2.2C5H10O2.C4H10O.2C3H8O/c1-2-3-4-5-6-7-8-9-10(11)12;1-2-3-4-5-6-7-8-9(10)11;1-2-3-4-5-6-7-8(9)10;1-2-3-4-5-6-7(8)9;1-2-3-4-5-6(7)8;1-4(2)3-5(6)7;1-3-4(2)5(6)7;1-2-3-4-5;1-3(2)4;1-2-3-4/h2-9H2,1H3,(H,11,12);2-8H2,1H3,(H,10,11);2-7H2,1H3,(H,9,10);2-6H2,1H3,(H,8,9);2-5H2,1H3,(H,7,8);2*4H,3H2,1-2H3,(H,6,7);5H,2-4H2,1H3;3-4H,1-2H3;4H,2-3H2,1H3. The average molecular weight is 1120 g/mol. The van der Waals surface area contributed by atoms with Crippen LogP contribution < -0.4 is 0 Å². The number of carboxylic acids is 7. The van der Waals surface area contributed by atoms with Gasteiger partial charge in [0.15, 0.2) is 0 Å². The number of carboxylic acid groups (broad SMARTS) is 7. The summed E-state index contributed by atoms with van der Waals surface area (Å²) in [4.78, 5) is 69.8. The van der Waals surface area contributed by atoms with Crippen molar-refractivity contribution < 1.29 is 84.6 Å². The predicted molar refractivity (Wildman–Crippen MR) is 316 cm³/mol. The first-order valence-corrected chi connectivity index (χ1v) is 29.7. The first kappa shape index (κ1) is 95.5. The number of unbranched alkanes of at least 4 members (excludes halogenated alkanes) is 21. The van der Waals surface area contributed by atoms with Crippen LogP contribution in [0.1, 0.15) is 315 Å². The number of aliphatic hydroxyl groups excluding tert-OH is 3. The van der Waals surface area contributed by atoms with Crippen molar-refractivity contribution in [3.05, 3.63) is 0 Å². The van der Waals surface area contributed by atoms with Crippen LogP contribution in [-0.4, -0.2) is 112 Å². The molecule has 17 nitrogen and oxygen atoms in total. The average Bonchev–Trinajstić information content (AvgIpc) is 3.34. The smallest absolute Gasteiger partial charge is 0.306 e. The van der Waals surface area contributed by atoms with E-state index >= 15 is 0 Å². The molecule has 0 spiro atoms. The van der Waals surface area contributed by atoms with E-state index in [-0.39, 0.29) is 24.4 Å². The molecule has 468 valence electrons. The molecule has 1 atom stereocenters. The van der Waals surface area contributed by atoms with Crippen LogP contribution in [0.4, 0.5) is 0 Å². The fourth-order valence-electron chi connectivity index (χ4n) is 5.08. The molecule has 0 aliphatic carbocycles. The first-order valence-electron chi connectivity index (χ1n) is 29.7. The Hall–Kier alpha value is -3.83. The lowest BCUT2D eigenvalue weighted by atomic mass is 10.1. The molecule has 0 aromatic heterocycles. The monoisotopic (exact) mass is 1120 g/mol. The molecule has 0 aliphatic heterocycles. The predicted octanol–water partition coefficient (Wildman–Crippen LogP) is 15.9. The van der Waals surface area contributed by atoms with Crippen molar-refractivity contribution in [1.82, 2.24) is 0 Å². The normalized spacial score (nSPS) is 9.79. The summed E-state index contributed by atoms with van der Waals surface area (Å²) in [5.41, 5.74) is 0. The molecule has 0 radical (unpaired) electrons. The van der Waals surface area contributed by atoms with Gasteiger partial charge >= 0.3 is 41.8 Å². The van der Waals surface area contributed by atoms with E-state index in [1.807, 2.05) is 27.7 Å². The molecule has 10 N–H and O–H groups in total. The van der Waals surface area contributed by atoms with Crippen LogP contribution >= 0.6 is 0 Å². The maximum atomic E-state index is 10.1. The highest BCUT2D eigenvalue weighted by atomic mass is 16.4. The summed E-state index contributed by atoms with van der Waals surface area (Å²) < 4.78 is 0. The van der Waals surface area contributed by atoms with Gasteiger partial charge in [0.05, 0.1) is 5.92 Å². The number of hydrogen-bond donors (Lipinski definition) is 10. The summed E-state index contributed by atoms with van der Waals surface area (Å²) in [6.45, 7) is 26.1. The Balaban J connectivity index is -0.0000000824. The van der Waals surface area contributed by atoms with E-state index in [2.05, 4.69) is 41.5 Å². The number of carbonyl (C=O) groups is 7. The van der Waals surface area contributed by atoms with Crippen molar-refractivity contribution in [1.29, 1.82) is 0 Å². The summed E-state index contributed by atoms with van der Waals surface area (Å²) in [6.07, 6.45) is 33.4. The van der Waals surface area contributed by atoms with E-state index in [1.165, 1.54) is 83.5 Å². The quantitative estimate of drug-likeness (QED) is 0.0258. The van der Waals surface area contributed by atoms with Gasteiger partial charge in [0.2, 0.25) is 0 Å². The largest absolute Gasteiger partial charge is 0.481 e. The van der Waals surface area contributed by atoms with Gasteiger partial charge in [0.1, 0.15) is 0 Å². The third-order valence-corrected chi connectivity index (χ3v) is 9.82. The van der Waals surface area contributed by atoms with Crippen molar-refractivity contribution in [3.8, 4) is 0 Å². The number of aliphatic carboxylic acids is 7. The number of hydrogen-bond acceptors (Lipinski definition) is 10. The zero-order valence-electron chi connectivity index (χ0n) is 51.7. The van der Waals surface area contributed by atoms with Gasteiger partial charge in [-0.2, -0.15) is 0 Å². The Labute approximate surface area is 470 Å². The molecule has 17 heteroatoms. The second-order valence-electron chi connectivity index (χ2n) is 19.3. The van der Waals surface area contributed by atoms with Crippen LogP contribution in [0, 0.1) is 11.8 Å². The summed E-state index contributed by atoms with van der Waals surface area (Å²) in [5, 5.41) is 81.6. The Morgan fingerprint density at radius 1 is 0.299 bits per heavy atom. The minimum absolute atomic E-state index is 0.167. The maximum absolute atomic E-state index is 10.1. The van der Waals surface area contributed by atoms with Crippen molar-refractivity contribution in [3.63, 3.8) is 0 Å². The molecule has 0 rings (SSSR count). The van der Waals surface area contributed by atoms with Crippen molar-refractivity contribution in [2.45, 2.75) is 321 Å². The van der Waals surface area contributed by atoms with Gasteiger partial charge in [-0.05, 0) is 71.1 Å². The summed E-state index contributed by atoms with van der Waals surface area (Å²) in [5.74, 6) is -4.68. The topological polar surface area (TPSA) is 322 Å². The molecule has 1 unspecified atom stereocenters. The van der Waals surface area contributed by atoms with E-state index in [1.54, 1.807) is 20.8 Å².